The summed E-state index contributed by atoms with van der Waals surface area (Å²) in [5.41, 5.74) is 2.69. The van der Waals surface area contributed by atoms with Crippen LogP contribution in [-0.2, 0) is 10.2 Å². The average Bonchev–Trinajstić information content (AvgIpc) is 2.77. The maximum atomic E-state index is 12.9. The largest absolute Gasteiger partial charge is 0.493 e. The maximum Gasteiger partial charge on any atom is 0.265 e. The Morgan fingerprint density at radius 3 is 2.10 bits per heavy atom. The first-order valence-electron chi connectivity index (χ1n) is 11.8. The molecule has 0 heterocycles. The lowest BCUT2D eigenvalue weighted by molar-refractivity contribution is -0.122. The number of amides is 1. The van der Waals surface area contributed by atoms with Crippen molar-refractivity contribution in [2.75, 3.05) is 12.4 Å². The Labute approximate surface area is 185 Å². The number of rotatable bonds is 7. The number of hydrogen-bond acceptors (Lipinski definition) is 3. The van der Waals surface area contributed by atoms with Crippen molar-refractivity contribution in [1.29, 1.82) is 0 Å². The highest BCUT2D eigenvalue weighted by molar-refractivity contribution is 5.94. The number of para-hydroxylation sites is 2. The molecule has 1 atom stereocenters. The fourth-order valence-electron chi connectivity index (χ4n) is 6.79. The molecule has 0 aromatic heterocycles. The molecule has 2 aromatic carbocycles. The SMILES string of the molecule is CC[C@H](Oc1ccccc1OC)C(=O)Nc1ccc(C23CC4CC(CC(C4)C2)C3)cc1. The first-order chi connectivity index (χ1) is 15.1. The minimum atomic E-state index is -0.570. The van der Waals surface area contributed by atoms with E-state index >= 15 is 0 Å². The van der Waals surface area contributed by atoms with Gasteiger partial charge in [-0.05, 0) is 97.9 Å². The van der Waals surface area contributed by atoms with E-state index in [-0.39, 0.29) is 5.91 Å². The van der Waals surface area contributed by atoms with Crippen molar-refractivity contribution in [3.8, 4) is 11.5 Å². The molecule has 0 aliphatic heterocycles. The third kappa shape index (κ3) is 3.93. The summed E-state index contributed by atoms with van der Waals surface area (Å²) in [6, 6.07) is 16.1. The Kier molecular flexibility index (Phi) is 5.41. The highest BCUT2D eigenvalue weighted by Gasteiger charge is 2.51. The maximum absolute atomic E-state index is 12.9. The lowest BCUT2D eigenvalue weighted by Gasteiger charge is -2.57. The van der Waals surface area contributed by atoms with Crippen LogP contribution in [0.1, 0.15) is 57.4 Å². The molecule has 4 aliphatic rings. The van der Waals surface area contributed by atoms with Crippen LogP contribution in [0.5, 0.6) is 11.5 Å². The summed E-state index contributed by atoms with van der Waals surface area (Å²) in [5.74, 6) is 3.89. The van der Waals surface area contributed by atoms with E-state index in [2.05, 4.69) is 29.6 Å². The minimum absolute atomic E-state index is 0.129. The number of carbonyl (C=O) groups excluding carboxylic acids is 1. The van der Waals surface area contributed by atoms with E-state index in [1.807, 2.05) is 31.2 Å². The minimum Gasteiger partial charge on any atom is -0.493 e. The number of benzene rings is 2. The molecule has 4 heteroatoms. The van der Waals surface area contributed by atoms with Crippen LogP contribution < -0.4 is 14.8 Å². The Bertz CT molecular complexity index is 900. The summed E-state index contributed by atoms with van der Waals surface area (Å²) in [5, 5.41) is 3.05. The van der Waals surface area contributed by atoms with Crippen LogP contribution in [-0.4, -0.2) is 19.1 Å². The fraction of sp³-hybridized carbons (Fsp3) is 0.519. The van der Waals surface area contributed by atoms with Gasteiger partial charge in [-0.2, -0.15) is 0 Å². The van der Waals surface area contributed by atoms with Crippen LogP contribution >= 0.6 is 0 Å². The highest BCUT2D eigenvalue weighted by atomic mass is 16.5. The number of anilines is 1. The van der Waals surface area contributed by atoms with E-state index in [4.69, 9.17) is 9.47 Å². The Morgan fingerprint density at radius 2 is 1.55 bits per heavy atom. The number of carbonyl (C=O) groups is 1. The predicted molar refractivity (Wildman–Crippen MR) is 123 cm³/mol. The number of nitrogens with one attached hydrogen (secondary N) is 1. The summed E-state index contributed by atoms with van der Waals surface area (Å²) in [6.07, 6.45) is 8.45. The molecule has 31 heavy (non-hydrogen) atoms. The quantitative estimate of drug-likeness (QED) is 0.602. The third-order valence-electron chi connectivity index (χ3n) is 7.80. The summed E-state index contributed by atoms with van der Waals surface area (Å²) in [7, 11) is 1.61. The van der Waals surface area contributed by atoms with Gasteiger partial charge in [-0.15, -0.1) is 0 Å². The first-order valence-corrected chi connectivity index (χ1v) is 11.8. The van der Waals surface area contributed by atoms with Crippen molar-refractivity contribution in [2.24, 2.45) is 17.8 Å². The molecule has 4 saturated carbocycles. The molecule has 0 unspecified atom stereocenters. The van der Waals surface area contributed by atoms with Crippen molar-refractivity contribution in [3.05, 3.63) is 54.1 Å². The van der Waals surface area contributed by atoms with Crippen molar-refractivity contribution < 1.29 is 14.3 Å². The molecule has 0 saturated heterocycles. The van der Waals surface area contributed by atoms with Gasteiger partial charge in [0.2, 0.25) is 0 Å². The molecule has 4 aliphatic carbocycles. The molecule has 4 fully saturated rings. The van der Waals surface area contributed by atoms with Crippen LogP contribution in [0.2, 0.25) is 0 Å². The van der Waals surface area contributed by atoms with Gasteiger partial charge < -0.3 is 14.8 Å². The third-order valence-corrected chi connectivity index (χ3v) is 7.80. The van der Waals surface area contributed by atoms with E-state index in [1.165, 1.54) is 44.1 Å². The Morgan fingerprint density at radius 1 is 0.968 bits per heavy atom. The standard InChI is InChI=1S/C27H33NO3/c1-3-23(31-25-7-5-4-6-24(25)30-2)26(29)28-22-10-8-21(9-11-22)27-15-18-12-19(16-27)14-20(13-18)17-27/h4-11,18-20,23H,3,12-17H2,1-2H3,(H,28,29)/t18?,19?,20?,23-,27?/m0/s1. The molecule has 6 rings (SSSR count). The van der Waals surface area contributed by atoms with Gasteiger partial charge in [0.25, 0.3) is 5.91 Å². The smallest absolute Gasteiger partial charge is 0.265 e. The summed E-state index contributed by atoms with van der Waals surface area (Å²) in [4.78, 5) is 12.9. The molecular formula is C27H33NO3. The second-order valence-corrected chi connectivity index (χ2v) is 9.93. The number of methoxy groups -OCH3 is 1. The molecule has 4 bridgehead atoms. The molecule has 0 radical (unpaired) electrons. The van der Waals surface area contributed by atoms with Crippen LogP contribution in [0.4, 0.5) is 5.69 Å². The fourth-order valence-corrected chi connectivity index (χ4v) is 6.79. The Balaban J connectivity index is 1.26. The zero-order valence-electron chi connectivity index (χ0n) is 18.6. The molecule has 0 spiro atoms. The lowest BCUT2D eigenvalue weighted by atomic mass is 9.48. The van der Waals surface area contributed by atoms with E-state index in [1.54, 1.807) is 7.11 Å². The van der Waals surface area contributed by atoms with Crippen molar-refractivity contribution >= 4 is 11.6 Å². The first kappa shape index (κ1) is 20.4. The summed E-state index contributed by atoms with van der Waals surface area (Å²) >= 11 is 0. The van der Waals surface area contributed by atoms with Gasteiger partial charge in [-0.25, -0.2) is 0 Å². The monoisotopic (exact) mass is 419 g/mol. The van der Waals surface area contributed by atoms with Crippen LogP contribution in [0.3, 0.4) is 0 Å². The summed E-state index contributed by atoms with van der Waals surface area (Å²) < 4.78 is 11.3. The van der Waals surface area contributed by atoms with E-state index in [9.17, 15) is 4.79 Å². The van der Waals surface area contributed by atoms with Gasteiger partial charge >= 0.3 is 0 Å². The number of ether oxygens (including phenoxy) is 2. The average molecular weight is 420 g/mol. The Hall–Kier alpha value is -2.49. The normalized spacial score (nSPS) is 29.4. The van der Waals surface area contributed by atoms with Gasteiger partial charge in [0.05, 0.1) is 7.11 Å². The van der Waals surface area contributed by atoms with Crippen molar-refractivity contribution in [3.63, 3.8) is 0 Å². The summed E-state index contributed by atoms with van der Waals surface area (Å²) in [6.45, 7) is 1.95. The van der Waals surface area contributed by atoms with E-state index in [0.29, 0.717) is 23.3 Å². The van der Waals surface area contributed by atoms with Crippen LogP contribution in [0.15, 0.2) is 48.5 Å². The predicted octanol–water partition coefficient (Wildman–Crippen LogP) is 5.96. The molecule has 164 valence electrons. The number of hydrogen-bond donors (Lipinski definition) is 1. The topological polar surface area (TPSA) is 47.6 Å². The van der Waals surface area contributed by atoms with E-state index in [0.717, 1.165) is 23.4 Å². The zero-order valence-corrected chi connectivity index (χ0v) is 18.6. The molecule has 1 amide bonds. The molecule has 2 aromatic rings. The van der Waals surface area contributed by atoms with Crippen molar-refractivity contribution in [1.82, 2.24) is 0 Å². The lowest BCUT2D eigenvalue weighted by Crippen LogP contribution is -2.48. The second-order valence-electron chi connectivity index (χ2n) is 9.93. The molecule has 4 nitrogen and oxygen atoms in total. The van der Waals surface area contributed by atoms with Crippen molar-refractivity contribution in [2.45, 2.75) is 63.4 Å². The van der Waals surface area contributed by atoms with Gasteiger partial charge in [-0.1, -0.05) is 31.2 Å². The second kappa shape index (κ2) is 8.22. The molecular weight excluding hydrogens is 386 g/mol. The van der Waals surface area contributed by atoms with E-state index < -0.39 is 6.10 Å². The van der Waals surface area contributed by atoms with Gasteiger partial charge in [-0.3, -0.25) is 4.79 Å². The van der Waals surface area contributed by atoms with Gasteiger partial charge in [0.1, 0.15) is 0 Å². The highest BCUT2D eigenvalue weighted by Crippen LogP contribution is 2.60. The van der Waals surface area contributed by atoms with Gasteiger partial charge in [0.15, 0.2) is 17.6 Å². The van der Waals surface area contributed by atoms with Crippen LogP contribution in [0.25, 0.3) is 0 Å². The van der Waals surface area contributed by atoms with Crippen LogP contribution in [0, 0.1) is 17.8 Å². The van der Waals surface area contributed by atoms with Gasteiger partial charge in [0, 0.05) is 5.69 Å². The zero-order chi connectivity index (χ0) is 21.4. The molecule has 1 N–H and O–H groups in total.